The van der Waals surface area contributed by atoms with Crippen LogP contribution in [0, 0.1) is 6.92 Å². The molecule has 3 aromatic rings. The zero-order chi connectivity index (χ0) is 21.1. The Kier molecular flexibility index (Phi) is 6.19. The van der Waals surface area contributed by atoms with Gasteiger partial charge >= 0.3 is 0 Å². The molecular formula is C22H28N4O2S. The number of hydrogen-bond donors (Lipinski definition) is 2. The second-order valence-corrected chi connectivity index (χ2v) is 10.0. The third kappa shape index (κ3) is 5.74. The van der Waals surface area contributed by atoms with Crippen molar-refractivity contribution in [2.75, 3.05) is 6.54 Å². The summed E-state index contributed by atoms with van der Waals surface area (Å²) in [7, 11) is -3.55. The Morgan fingerprint density at radius 3 is 2.28 bits per heavy atom. The van der Waals surface area contributed by atoms with Crippen LogP contribution in [0.2, 0.25) is 0 Å². The lowest BCUT2D eigenvalue weighted by molar-refractivity contribution is 0.578. The van der Waals surface area contributed by atoms with E-state index in [1.54, 1.807) is 12.1 Å². The number of H-pyrrole nitrogens is 1. The summed E-state index contributed by atoms with van der Waals surface area (Å²) in [6, 6.07) is 15.3. The van der Waals surface area contributed by atoms with E-state index < -0.39 is 10.0 Å². The van der Waals surface area contributed by atoms with Gasteiger partial charge in [-0.1, -0.05) is 62.7 Å². The first-order valence-electron chi connectivity index (χ1n) is 9.69. The topological polar surface area (TPSA) is 87.7 Å². The lowest BCUT2D eigenvalue weighted by atomic mass is 9.87. The highest BCUT2D eigenvalue weighted by Gasteiger charge is 2.17. The van der Waals surface area contributed by atoms with Gasteiger partial charge in [0.05, 0.1) is 4.90 Å². The van der Waals surface area contributed by atoms with Gasteiger partial charge in [0.15, 0.2) is 5.82 Å². The van der Waals surface area contributed by atoms with E-state index in [4.69, 9.17) is 0 Å². The number of benzene rings is 2. The number of nitrogens with one attached hydrogen (secondary N) is 2. The van der Waals surface area contributed by atoms with Gasteiger partial charge in [0.25, 0.3) is 0 Å². The molecule has 0 unspecified atom stereocenters. The summed E-state index contributed by atoms with van der Waals surface area (Å²) in [5.41, 5.74) is 3.45. The van der Waals surface area contributed by atoms with Gasteiger partial charge in [-0.15, -0.1) is 0 Å². The van der Waals surface area contributed by atoms with E-state index in [1.807, 2.05) is 12.1 Å². The van der Waals surface area contributed by atoms with Crippen molar-refractivity contribution in [3.63, 3.8) is 0 Å². The van der Waals surface area contributed by atoms with Crippen LogP contribution in [0.5, 0.6) is 0 Å². The smallest absolute Gasteiger partial charge is 0.240 e. The molecule has 3 rings (SSSR count). The maximum Gasteiger partial charge on any atom is 0.240 e. The van der Waals surface area contributed by atoms with E-state index in [0.29, 0.717) is 18.7 Å². The maximum atomic E-state index is 12.5. The Morgan fingerprint density at radius 1 is 1.00 bits per heavy atom. The molecule has 0 aliphatic heterocycles. The normalized spacial score (nSPS) is 12.3. The van der Waals surface area contributed by atoms with Gasteiger partial charge in [-0.2, -0.15) is 5.10 Å². The zero-order valence-corrected chi connectivity index (χ0v) is 18.2. The minimum absolute atomic E-state index is 0.0162. The summed E-state index contributed by atoms with van der Waals surface area (Å²) in [5.74, 6) is 1.36. The van der Waals surface area contributed by atoms with E-state index >= 15 is 0 Å². The van der Waals surface area contributed by atoms with E-state index in [2.05, 4.69) is 71.9 Å². The maximum absolute atomic E-state index is 12.5. The van der Waals surface area contributed by atoms with Gasteiger partial charge < -0.3 is 0 Å². The summed E-state index contributed by atoms with van der Waals surface area (Å²) >= 11 is 0. The van der Waals surface area contributed by atoms with Crippen molar-refractivity contribution < 1.29 is 8.42 Å². The Balaban J connectivity index is 1.55. The Bertz CT molecular complexity index is 1050. The summed E-state index contributed by atoms with van der Waals surface area (Å²) in [5, 5.41) is 7.12. The molecule has 0 fully saturated rings. The predicted octanol–water partition coefficient (Wildman–Crippen LogP) is 3.52. The first kappa shape index (κ1) is 21.2. The first-order valence-corrected chi connectivity index (χ1v) is 11.2. The first-order chi connectivity index (χ1) is 13.6. The Hall–Kier alpha value is -2.51. The SMILES string of the molecule is Cc1ccc(Cc2nc(CCNS(=O)(=O)c3ccc(C(C)(C)C)cc3)n[nH]2)cc1. The van der Waals surface area contributed by atoms with Crippen molar-refractivity contribution >= 4 is 10.0 Å². The lowest BCUT2D eigenvalue weighted by Gasteiger charge is -2.19. The molecule has 0 bridgehead atoms. The quantitative estimate of drug-likeness (QED) is 0.621. The molecule has 6 nitrogen and oxygen atoms in total. The van der Waals surface area contributed by atoms with Crippen molar-refractivity contribution in [1.29, 1.82) is 0 Å². The minimum Gasteiger partial charge on any atom is -0.263 e. The number of rotatable bonds is 7. The molecule has 29 heavy (non-hydrogen) atoms. The van der Waals surface area contributed by atoms with Gasteiger partial charge in [-0.3, -0.25) is 5.10 Å². The number of aromatic nitrogens is 3. The zero-order valence-electron chi connectivity index (χ0n) is 17.4. The van der Waals surface area contributed by atoms with Crippen LogP contribution in [0.1, 0.15) is 49.1 Å². The molecule has 0 amide bonds. The van der Waals surface area contributed by atoms with E-state index in [1.165, 1.54) is 5.56 Å². The van der Waals surface area contributed by atoms with Crippen LogP contribution in [0.4, 0.5) is 0 Å². The fourth-order valence-electron chi connectivity index (χ4n) is 2.94. The minimum atomic E-state index is -3.55. The van der Waals surface area contributed by atoms with Crippen LogP contribution in [-0.4, -0.2) is 30.1 Å². The molecular weight excluding hydrogens is 384 g/mol. The predicted molar refractivity (Wildman–Crippen MR) is 114 cm³/mol. The molecule has 154 valence electrons. The molecule has 2 N–H and O–H groups in total. The van der Waals surface area contributed by atoms with Crippen LogP contribution >= 0.6 is 0 Å². The monoisotopic (exact) mass is 412 g/mol. The Morgan fingerprint density at radius 2 is 1.66 bits per heavy atom. The highest BCUT2D eigenvalue weighted by atomic mass is 32.2. The summed E-state index contributed by atoms with van der Waals surface area (Å²) < 4.78 is 27.6. The third-order valence-electron chi connectivity index (χ3n) is 4.74. The molecule has 2 aromatic carbocycles. The molecule has 0 atom stereocenters. The summed E-state index contributed by atoms with van der Waals surface area (Å²) in [6.07, 6.45) is 1.09. The lowest BCUT2D eigenvalue weighted by Crippen LogP contribution is -2.26. The number of hydrogen-bond acceptors (Lipinski definition) is 4. The second kappa shape index (κ2) is 8.47. The summed E-state index contributed by atoms with van der Waals surface area (Å²) in [6.45, 7) is 8.58. The van der Waals surface area contributed by atoms with Crippen LogP contribution < -0.4 is 4.72 Å². The number of aryl methyl sites for hydroxylation is 1. The van der Waals surface area contributed by atoms with Crippen molar-refractivity contribution in [3.05, 3.63) is 76.9 Å². The van der Waals surface area contributed by atoms with Crippen molar-refractivity contribution in [2.45, 2.75) is 50.8 Å². The largest absolute Gasteiger partial charge is 0.263 e. The number of sulfonamides is 1. The highest BCUT2D eigenvalue weighted by Crippen LogP contribution is 2.23. The number of aromatic amines is 1. The fourth-order valence-corrected chi connectivity index (χ4v) is 3.97. The fraction of sp³-hybridized carbons (Fsp3) is 0.364. The van der Waals surface area contributed by atoms with Crippen molar-refractivity contribution in [3.8, 4) is 0 Å². The van der Waals surface area contributed by atoms with E-state index in [9.17, 15) is 8.42 Å². The molecule has 1 aromatic heterocycles. The molecule has 0 saturated heterocycles. The molecule has 0 saturated carbocycles. The van der Waals surface area contributed by atoms with Gasteiger partial charge in [-0.05, 0) is 35.6 Å². The van der Waals surface area contributed by atoms with E-state index in [0.717, 1.165) is 17.0 Å². The Labute approximate surface area is 172 Å². The van der Waals surface area contributed by atoms with Crippen molar-refractivity contribution in [2.24, 2.45) is 0 Å². The van der Waals surface area contributed by atoms with Gasteiger partial charge in [-0.25, -0.2) is 18.1 Å². The van der Waals surface area contributed by atoms with Gasteiger partial charge in [0.2, 0.25) is 10.0 Å². The van der Waals surface area contributed by atoms with Crippen molar-refractivity contribution in [1.82, 2.24) is 19.9 Å². The van der Waals surface area contributed by atoms with Crippen LogP contribution in [0.25, 0.3) is 0 Å². The molecule has 0 radical (unpaired) electrons. The molecule has 1 heterocycles. The van der Waals surface area contributed by atoms with Crippen LogP contribution in [0.15, 0.2) is 53.4 Å². The average Bonchev–Trinajstić information content (AvgIpc) is 3.10. The average molecular weight is 413 g/mol. The standard InChI is InChI=1S/C22H28N4O2S/c1-16-5-7-17(8-6-16)15-21-24-20(25-26-21)13-14-23-29(27,28)19-11-9-18(10-12-19)22(2,3)4/h5-12,23H,13-15H2,1-4H3,(H,24,25,26). The van der Waals surface area contributed by atoms with E-state index in [-0.39, 0.29) is 16.9 Å². The number of nitrogens with zero attached hydrogens (tertiary/aromatic N) is 2. The summed E-state index contributed by atoms with van der Waals surface area (Å²) in [4.78, 5) is 4.72. The molecule has 0 aliphatic rings. The van der Waals surface area contributed by atoms with Crippen LogP contribution in [0.3, 0.4) is 0 Å². The molecule has 0 spiro atoms. The highest BCUT2D eigenvalue weighted by molar-refractivity contribution is 7.89. The third-order valence-corrected chi connectivity index (χ3v) is 6.22. The van der Waals surface area contributed by atoms with Crippen LogP contribution in [-0.2, 0) is 28.3 Å². The van der Waals surface area contributed by atoms with Gasteiger partial charge in [0, 0.05) is 19.4 Å². The molecule has 0 aliphatic carbocycles. The molecule has 7 heteroatoms. The van der Waals surface area contributed by atoms with Gasteiger partial charge in [0.1, 0.15) is 5.82 Å². The second-order valence-electron chi connectivity index (χ2n) is 8.28.